The number of nitro benzene ring substituents is 1. The summed E-state index contributed by atoms with van der Waals surface area (Å²) < 4.78 is 9.27. The maximum absolute atomic E-state index is 11.1. The van der Waals surface area contributed by atoms with Gasteiger partial charge in [0.2, 0.25) is 5.16 Å². The van der Waals surface area contributed by atoms with Crippen LogP contribution in [-0.4, -0.2) is 31.3 Å². The van der Waals surface area contributed by atoms with E-state index in [0.29, 0.717) is 23.1 Å². The summed E-state index contributed by atoms with van der Waals surface area (Å²) in [5.74, 6) is 1.39. The quantitative estimate of drug-likeness (QED) is 0.210. The molecule has 0 unspecified atom stereocenters. The molecule has 33 heavy (non-hydrogen) atoms. The van der Waals surface area contributed by atoms with E-state index in [-0.39, 0.29) is 5.69 Å². The molecule has 2 heterocycles. The predicted octanol–water partition coefficient (Wildman–Crippen LogP) is 6.00. The molecule has 10 heteroatoms. The predicted molar refractivity (Wildman–Crippen MR) is 128 cm³/mol. The van der Waals surface area contributed by atoms with Crippen molar-refractivity contribution in [3.05, 3.63) is 82.9 Å². The zero-order chi connectivity index (χ0) is 22.8. The van der Waals surface area contributed by atoms with E-state index in [1.807, 2.05) is 66.1 Å². The molecular weight excluding hydrogens is 458 g/mol. The highest BCUT2D eigenvalue weighted by molar-refractivity contribution is 8.01. The number of hydrogen-bond acceptors (Lipinski definition) is 8. The van der Waals surface area contributed by atoms with Gasteiger partial charge in [-0.1, -0.05) is 30.3 Å². The molecule has 0 bridgehead atoms. The minimum absolute atomic E-state index is 0.0463. The molecule has 0 radical (unpaired) electrons. The fourth-order valence-electron chi connectivity index (χ4n) is 3.38. The average Bonchev–Trinajstić information content (AvgIpc) is 3.43. The smallest absolute Gasteiger partial charge is 0.270 e. The van der Waals surface area contributed by atoms with Gasteiger partial charge in [0.15, 0.2) is 10.2 Å². The first-order chi connectivity index (χ1) is 16.1. The monoisotopic (exact) mass is 475 g/mol. The third kappa shape index (κ3) is 4.18. The fraction of sp³-hybridized carbons (Fsp3) is 0.0870. The number of rotatable bonds is 7. The molecule has 3 aromatic carbocycles. The van der Waals surface area contributed by atoms with Crippen LogP contribution in [0.15, 0.2) is 82.3 Å². The second-order valence-corrected chi connectivity index (χ2v) is 9.14. The average molecular weight is 476 g/mol. The number of para-hydroxylation sites is 2. The van der Waals surface area contributed by atoms with Gasteiger partial charge in [0.25, 0.3) is 5.69 Å². The summed E-state index contributed by atoms with van der Waals surface area (Å²) in [4.78, 5) is 15.3. The molecular formula is C23H17N5O3S2. The number of nitro groups is 1. The van der Waals surface area contributed by atoms with Crippen molar-refractivity contribution in [1.82, 2.24) is 19.7 Å². The number of non-ortho nitro benzene ring substituents is 1. The summed E-state index contributed by atoms with van der Waals surface area (Å²) >= 11 is 2.76. The molecule has 0 saturated heterocycles. The first kappa shape index (κ1) is 21.1. The van der Waals surface area contributed by atoms with Crippen molar-refractivity contribution < 1.29 is 9.66 Å². The summed E-state index contributed by atoms with van der Waals surface area (Å²) in [5.41, 5.74) is 2.50. The lowest BCUT2D eigenvalue weighted by atomic mass is 10.2. The first-order valence-electron chi connectivity index (χ1n) is 10.1. The Morgan fingerprint density at radius 2 is 1.85 bits per heavy atom. The van der Waals surface area contributed by atoms with Gasteiger partial charge in [-0.25, -0.2) is 4.98 Å². The molecule has 0 fully saturated rings. The molecule has 0 saturated carbocycles. The van der Waals surface area contributed by atoms with Crippen LogP contribution in [0.25, 0.3) is 27.3 Å². The third-order valence-electron chi connectivity index (χ3n) is 4.82. The first-order valence-corrected chi connectivity index (χ1v) is 11.7. The Morgan fingerprint density at radius 3 is 2.64 bits per heavy atom. The number of benzene rings is 3. The third-order valence-corrected chi connectivity index (χ3v) is 6.84. The number of nitrogens with zero attached hydrogens (tertiary/aromatic N) is 5. The minimum atomic E-state index is -0.403. The van der Waals surface area contributed by atoms with Crippen LogP contribution in [0.4, 0.5) is 5.69 Å². The standard InChI is InChI=1S/C23H17N5O3S2/c1-2-31-19-11-7-6-10-17(19)21-25-26-22(27(21)15-8-4-3-5-9-15)33-23-24-18-13-12-16(28(29)30)14-20(18)32-23/h3-14H,2H2,1H3. The van der Waals surface area contributed by atoms with Crippen molar-refractivity contribution in [3.63, 3.8) is 0 Å². The molecule has 5 rings (SSSR count). The Morgan fingerprint density at radius 1 is 1.06 bits per heavy atom. The maximum atomic E-state index is 11.1. The minimum Gasteiger partial charge on any atom is -0.493 e. The van der Waals surface area contributed by atoms with Crippen LogP contribution in [0.3, 0.4) is 0 Å². The van der Waals surface area contributed by atoms with E-state index >= 15 is 0 Å². The molecule has 0 N–H and O–H groups in total. The summed E-state index contributed by atoms with van der Waals surface area (Å²) in [7, 11) is 0. The van der Waals surface area contributed by atoms with Crippen LogP contribution in [-0.2, 0) is 0 Å². The topological polar surface area (TPSA) is 96.0 Å². The van der Waals surface area contributed by atoms with E-state index in [0.717, 1.165) is 26.0 Å². The second-order valence-electron chi connectivity index (χ2n) is 6.90. The van der Waals surface area contributed by atoms with Crippen molar-refractivity contribution in [2.24, 2.45) is 0 Å². The zero-order valence-electron chi connectivity index (χ0n) is 17.4. The number of ether oxygens (including phenoxy) is 1. The van der Waals surface area contributed by atoms with Crippen LogP contribution in [0.5, 0.6) is 5.75 Å². The molecule has 8 nitrogen and oxygen atoms in total. The highest BCUT2D eigenvalue weighted by Crippen LogP contribution is 2.38. The van der Waals surface area contributed by atoms with Crippen LogP contribution in [0.2, 0.25) is 0 Å². The Hall–Kier alpha value is -3.76. The van der Waals surface area contributed by atoms with Gasteiger partial charge < -0.3 is 4.74 Å². The zero-order valence-corrected chi connectivity index (χ0v) is 19.0. The molecule has 0 aliphatic carbocycles. The van der Waals surface area contributed by atoms with Crippen molar-refractivity contribution in [1.29, 1.82) is 0 Å². The molecule has 164 valence electrons. The van der Waals surface area contributed by atoms with Gasteiger partial charge in [-0.15, -0.1) is 21.5 Å². The van der Waals surface area contributed by atoms with E-state index < -0.39 is 4.92 Å². The molecule has 5 aromatic rings. The summed E-state index contributed by atoms with van der Waals surface area (Å²) in [6.07, 6.45) is 0. The van der Waals surface area contributed by atoms with Crippen molar-refractivity contribution in [2.45, 2.75) is 16.4 Å². The fourth-order valence-corrected chi connectivity index (χ4v) is 5.44. The van der Waals surface area contributed by atoms with Gasteiger partial charge in [0.05, 0.1) is 27.3 Å². The van der Waals surface area contributed by atoms with Crippen molar-refractivity contribution in [2.75, 3.05) is 6.61 Å². The van der Waals surface area contributed by atoms with E-state index in [9.17, 15) is 10.1 Å². The molecule has 0 amide bonds. The Balaban J connectivity index is 1.60. The Labute approximate surface area is 197 Å². The van der Waals surface area contributed by atoms with Gasteiger partial charge in [0.1, 0.15) is 5.75 Å². The molecule has 0 spiro atoms. The van der Waals surface area contributed by atoms with Gasteiger partial charge in [-0.3, -0.25) is 14.7 Å². The highest BCUT2D eigenvalue weighted by Gasteiger charge is 2.21. The Bertz CT molecular complexity index is 1450. The Kier molecular flexibility index (Phi) is 5.76. The SMILES string of the molecule is CCOc1ccccc1-c1nnc(Sc2nc3ccc([N+](=O)[O-])cc3s2)n1-c1ccccc1. The largest absolute Gasteiger partial charge is 0.493 e. The highest BCUT2D eigenvalue weighted by atomic mass is 32.2. The lowest BCUT2D eigenvalue weighted by molar-refractivity contribution is -0.384. The maximum Gasteiger partial charge on any atom is 0.270 e. The molecule has 0 atom stereocenters. The second kappa shape index (κ2) is 9.00. The number of fused-ring (bicyclic) bond motifs is 1. The van der Waals surface area contributed by atoms with Gasteiger partial charge >= 0.3 is 0 Å². The number of thiazole rings is 1. The van der Waals surface area contributed by atoms with Crippen LogP contribution in [0, 0.1) is 10.1 Å². The van der Waals surface area contributed by atoms with Crippen LogP contribution < -0.4 is 4.74 Å². The summed E-state index contributed by atoms with van der Waals surface area (Å²) in [6.45, 7) is 2.48. The van der Waals surface area contributed by atoms with Crippen molar-refractivity contribution >= 4 is 39.0 Å². The van der Waals surface area contributed by atoms with Gasteiger partial charge in [-0.05, 0) is 49.0 Å². The normalized spacial score (nSPS) is 11.1. The number of aromatic nitrogens is 4. The molecule has 2 aromatic heterocycles. The van der Waals surface area contributed by atoms with Gasteiger partial charge in [0, 0.05) is 17.8 Å². The van der Waals surface area contributed by atoms with E-state index in [1.165, 1.54) is 29.2 Å². The lowest BCUT2D eigenvalue weighted by Gasteiger charge is -2.12. The molecule has 0 aliphatic heterocycles. The van der Waals surface area contributed by atoms with Crippen LogP contribution >= 0.6 is 23.1 Å². The number of hydrogen-bond donors (Lipinski definition) is 0. The van der Waals surface area contributed by atoms with E-state index in [1.54, 1.807) is 12.1 Å². The van der Waals surface area contributed by atoms with Crippen LogP contribution in [0.1, 0.15) is 6.92 Å². The van der Waals surface area contributed by atoms with Gasteiger partial charge in [-0.2, -0.15) is 0 Å². The molecule has 0 aliphatic rings. The van der Waals surface area contributed by atoms with Crippen molar-refractivity contribution in [3.8, 4) is 22.8 Å². The van der Waals surface area contributed by atoms with E-state index in [4.69, 9.17) is 4.74 Å². The summed E-state index contributed by atoms with van der Waals surface area (Å²) in [6, 6.07) is 22.3. The summed E-state index contributed by atoms with van der Waals surface area (Å²) in [5, 5.41) is 20.7. The van der Waals surface area contributed by atoms with E-state index in [2.05, 4.69) is 15.2 Å². The lowest BCUT2D eigenvalue weighted by Crippen LogP contribution is -2.01.